The molecule has 3 rings (SSSR count). The number of carbonyl (C=O) groups excluding carboxylic acids is 1. The van der Waals surface area contributed by atoms with Crippen molar-refractivity contribution < 1.29 is 9.53 Å². The van der Waals surface area contributed by atoms with Gasteiger partial charge < -0.3 is 9.64 Å². The van der Waals surface area contributed by atoms with E-state index in [0.717, 1.165) is 41.1 Å². The second-order valence-corrected chi connectivity index (χ2v) is 9.05. The molecule has 0 aliphatic heterocycles. The quantitative estimate of drug-likeness (QED) is 0.435. The topological polar surface area (TPSA) is 60.2 Å². The molecule has 30 heavy (non-hydrogen) atoms. The van der Waals surface area contributed by atoms with Gasteiger partial charge in [0.05, 0.1) is 5.75 Å². The van der Waals surface area contributed by atoms with Crippen molar-refractivity contribution in [3.8, 4) is 5.75 Å². The van der Waals surface area contributed by atoms with Crippen molar-refractivity contribution in [3.63, 3.8) is 0 Å². The number of allylic oxidation sites excluding steroid dienone is 1. The maximum absolute atomic E-state index is 12.7. The van der Waals surface area contributed by atoms with Crippen LogP contribution < -0.4 is 4.74 Å². The number of aryl methyl sites for hydroxylation is 1. The minimum Gasteiger partial charge on any atom is -0.486 e. The number of aromatic nitrogens is 3. The summed E-state index contributed by atoms with van der Waals surface area (Å²) in [4.78, 5) is 14.6. The lowest BCUT2D eigenvalue weighted by Gasteiger charge is -2.33. The van der Waals surface area contributed by atoms with Gasteiger partial charge in [-0.15, -0.1) is 16.8 Å². The van der Waals surface area contributed by atoms with Crippen molar-refractivity contribution in [3.05, 3.63) is 48.3 Å². The average molecular weight is 429 g/mol. The predicted octanol–water partition coefficient (Wildman–Crippen LogP) is 4.48. The number of hydrogen-bond donors (Lipinski definition) is 0. The number of carbonyl (C=O) groups is 1. The number of benzene rings is 1. The second-order valence-electron chi connectivity index (χ2n) is 8.11. The molecular formula is C23H32N4O2S. The molecule has 1 fully saturated rings. The lowest BCUT2D eigenvalue weighted by atomic mass is 9.87. The SMILES string of the molecule is C=CCn1c(COc2cccc(C)c2)nnc1SCC(=O)N(C)C1CCC(C)CC1. The Morgan fingerprint density at radius 2 is 2.10 bits per heavy atom. The molecular weight excluding hydrogens is 396 g/mol. The molecule has 1 amide bonds. The summed E-state index contributed by atoms with van der Waals surface area (Å²) in [5.74, 6) is 2.80. The molecule has 7 heteroatoms. The molecule has 0 unspecified atom stereocenters. The largest absolute Gasteiger partial charge is 0.486 e. The van der Waals surface area contributed by atoms with E-state index in [1.807, 2.05) is 47.7 Å². The first kappa shape index (κ1) is 22.4. The molecule has 0 spiro atoms. The Bertz CT molecular complexity index is 859. The van der Waals surface area contributed by atoms with Crippen LogP contribution in [0.25, 0.3) is 0 Å². The van der Waals surface area contributed by atoms with E-state index in [2.05, 4.69) is 23.7 Å². The van der Waals surface area contributed by atoms with Crippen molar-refractivity contribution in [2.45, 2.75) is 63.9 Å². The van der Waals surface area contributed by atoms with Crippen LogP contribution in [0, 0.1) is 12.8 Å². The molecule has 0 N–H and O–H groups in total. The summed E-state index contributed by atoms with van der Waals surface area (Å²) in [6, 6.07) is 8.28. The summed E-state index contributed by atoms with van der Waals surface area (Å²) in [5, 5.41) is 9.30. The zero-order valence-electron chi connectivity index (χ0n) is 18.2. The van der Waals surface area contributed by atoms with Crippen molar-refractivity contribution in [2.75, 3.05) is 12.8 Å². The normalized spacial score (nSPS) is 18.8. The summed E-state index contributed by atoms with van der Waals surface area (Å²) < 4.78 is 7.84. The van der Waals surface area contributed by atoms with Gasteiger partial charge in [0.25, 0.3) is 0 Å². The van der Waals surface area contributed by atoms with Crippen molar-refractivity contribution in [1.29, 1.82) is 0 Å². The van der Waals surface area contributed by atoms with E-state index >= 15 is 0 Å². The first-order valence-corrected chi connectivity index (χ1v) is 11.6. The highest BCUT2D eigenvalue weighted by molar-refractivity contribution is 7.99. The van der Waals surface area contributed by atoms with E-state index in [1.165, 1.54) is 24.6 Å². The van der Waals surface area contributed by atoms with E-state index in [4.69, 9.17) is 4.74 Å². The third-order valence-electron chi connectivity index (χ3n) is 5.71. The van der Waals surface area contributed by atoms with Gasteiger partial charge in [0.15, 0.2) is 11.0 Å². The average Bonchev–Trinajstić information content (AvgIpc) is 3.12. The molecule has 0 atom stereocenters. The Labute approximate surface area is 183 Å². The van der Waals surface area contributed by atoms with Gasteiger partial charge in [-0.05, 0) is 56.2 Å². The maximum atomic E-state index is 12.7. The van der Waals surface area contributed by atoms with E-state index in [-0.39, 0.29) is 5.91 Å². The molecule has 1 aliphatic rings. The Morgan fingerprint density at radius 1 is 1.33 bits per heavy atom. The Balaban J connectivity index is 1.58. The van der Waals surface area contributed by atoms with Crippen LogP contribution in [-0.2, 0) is 17.9 Å². The zero-order valence-corrected chi connectivity index (χ0v) is 19.0. The van der Waals surface area contributed by atoms with Crippen LogP contribution in [0.3, 0.4) is 0 Å². The highest BCUT2D eigenvalue weighted by Crippen LogP contribution is 2.27. The van der Waals surface area contributed by atoms with Crippen LogP contribution in [-0.4, -0.2) is 44.4 Å². The van der Waals surface area contributed by atoms with E-state index < -0.39 is 0 Å². The minimum absolute atomic E-state index is 0.144. The van der Waals surface area contributed by atoms with Gasteiger partial charge in [0, 0.05) is 19.6 Å². The second kappa shape index (κ2) is 10.7. The summed E-state index contributed by atoms with van der Waals surface area (Å²) >= 11 is 1.43. The molecule has 1 aliphatic carbocycles. The van der Waals surface area contributed by atoms with Crippen LogP contribution in [0.2, 0.25) is 0 Å². The number of rotatable bonds is 9. The van der Waals surface area contributed by atoms with E-state index in [1.54, 1.807) is 6.08 Å². The van der Waals surface area contributed by atoms with Gasteiger partial charge in [-0.2, -0.15) is 0 Å². The van der Waals surface area contributed by atoms with Gasteiger partial charge in [-0.3, -0.25) is 9.36 Å². The summed E-state index contributed by atoms with van der Waals surface area (Å²) in [6.45, 7) is 9.05. The van der Waals surface area contributed by atoms with Crippen molar-refractivity contribution in [1.82, 2.24) is 19.7 Å². The Hall–Kier alpha value is -2.28. The summed E-state index contributed by atoms with van der Waals surface area (Å²) in [7, 11) is 1.93. The van der Waals surface area contributed by atoms with Crippen molar-refractivity contribution in [2.24, 2.45) is 5.92 Å². The maximum Gasteiger partial charge on any atom is 0.233 e. The van der Waals surface area contributed by atoms with Crippen LogP contribution in [0.5, 0.6) is 5.75 Å². The van der Waals surface area contributed by atoms with Crippen LogP contribution >= 0.6 is 11.8 Å². The highest BCUT2D eigenvalue weighted by atomic mass is 32.2. The lowest BCUT2D eigenvalue weighted by molar-refractivity contribution is -0.129. The number of thioether (sulfide) groups is 1. The molecule has 1 heterocycles. The molecule has 0 bridgehead atoms. The minimum atomic E-state index is 0.144. The Morgan fingerprint density at radius 3 is 2.80 bits per heavy atom. The van der Waals surface area contributed by atoms with Gasteiger partial charge >= 0.3 is 0 Å². The third kappa shape index (κ3) is 5.88. The van der Waals surface area contributed by atoms with Crippen LogP contribution in [0.15, 0.2) is 42.1 Å². The molecule has 1 saturated carbocycles. The Kier molecular flexibility index (Phi) is 7.96. The fraction of sp³-hybridized carbons (Fsp3) is 0.522. The highest BCUT2D eigenvalue weighted by Gasteiger charge is 2.25. The van der Waals surface area contributed by atoms with Crippen molar-refractivity contribution >= 4 is 17.7 Å². The fourth-order valence-corrected chi connectivity index (χ4v) is 4.65. The number of ether oxygens (including phenoxy) is 1. The smallest absolute Gasteiger partial charge is 0.233 e. The van der Waals surface area contributed by atoms with Gasteiger partial charge in [-0.1, -0.05) is 36.9 Å². The van der Waals surface area contributed by atoms with E-state index in [0.29, 0.717) is 24.9 Å². The van der Waals surface area contributed by atoms with Crippen LogP contribution in [0.1, 0.15) is 44.0 Å². The first-order chi connectivity index (χ1) is 14.5. The molecule has 0 radical (unpaired) electrons. The monoisotopic (exact) mass is 428 g/mol. The number of hydrogen-bond acceptors (Lipinski definition) is 5. The molecule has 6 nitrogen and oxygen atoms in total. The van der Waals surface area contributed by atoms with Gasteiger partial charge in [0.1, 0.15) is 12.4 Å². The zero-order chi connectivity index (χ0) is 21.5. The molecule has 2 aromatic rings. The first-order valence-electron chi connectivity index (χ1n) is 10.6. The standard InChI is InChI=1S/C23H32N4O2S/c1-5-13-27-21(15-29-20-8-6-7-18(3)14-20)24-25-23(27)30-16-22(28)26(4)19-11-9-17(2)10-12-19/h5-8,14,17,19H,1,9-13,15-16H2,2-4H3. The summed E-state index contributed by atoms with van der Waals surface area (Å²) in [6.07, 6.45) is 6.41. The fourth-order valence-electron chi connectivity index (χ4n) is 3.76. The van der Waals surface area contributed by atoms with Gasteiger partial charge in [0.2, 0.25) is 5.91 Å². The summed E-state index contributed by atoms with van der Waals surface area (Å²) in [5.41, 5.74) is 1.14. The molecule has 162 valence electrons. The molecule has 1 aromatic carbocycles. The van der Waals surface area contributed by atoms with Crippen LogP contribution in [0.4, 0.5) is 0 Å². The van der Waals surface area contributed by atoms with E-state index in [9.17, 15) is 4.79 Å². The third-order valence-corrected chi connectivity index (χ3v) is 6.67. The van der Waals surface area contributed by atoms with Gasteiger partial charge in [-0.25, -0.2) is 0 Å². The molecule has 1 aromatic heterocycles. The number of nitrogens with zero attached hydrogens (tertiary/aromatic N) is 4. The molecule has 0 saturated heterocycles. The number of amides is 1. The lowest BCUT2D eigenvalue weighted by Crippen LogP contribution is -2.40. The predicted molar refractivity (Wildman–Crippen MR) is 121 cm³/mol.